The Morgan fingerprint density at radius 1 is 1.25 bits per heavy atom. The molecule has 0 spiro atoms. The monoisotopic (exact) mass is 419 g/mol. The van der Waals surface area contributed by atoms with E-state index in [1.807, 2.05) is 17.5 Å². The second-order valence-electron chi connectivity index (χ2n) is 7.56. The van der Waals surface area contributed by atoms with E-state index in [2.05, 4.69) is 32.3 Å². The van der Waals surface area contributed by atoms with Crippen LogP contribution in [0.5, 0.6) is 0 Å². The predicted molar refractivity (Wildman–Crippen MR) is 110 cm³/mol. The zero-order valence-corrected chi connectivity index (χ0v) is 17.5. The van der Waals surface area contributed by atoms with Crippen molar-refractivity contribution < 1.29 is 9.59 Å². The van der Waals surface area contributed by atoms with Crippen molar-refractivity contribution >= 4 is 35.0 Å². The molecule has 2 aliphatic rings. The van der Waals surface area contributed by atoms with Crippen LogP contribution in [0.25, 0.3) is 10.7 Å². The molecule has 2 aromatic heterocycles. The number of nitrogens with zero attached hydrogens (tertiary/aromatic N) is 3. The summed E-state index contributed by atoms with van der Waals surface area (Å²) in [6.45, 7) is 2.15. The number of carbonyl (C=O) groups excluding carboxylic acids is 2. The van der Waals surface area contributed by atoms with Crippen LogP contribution in [-0.2, 0) is 4.79 Å². The fraction of sp³-hybridized carbons (Fsp3) is 0.579. The maximum absolute atomic E-state index is 12.2. The lowest BCUT2D eigenvalue weighted by atomic mass is 9.86. The summed E-state index contributed by atoms with van der Waals surface area (Å²) in [6, 6.07) is 4.20. The molecule has 150 valence electrons. The average molecular weight is 420 g/mol. The molecule has 2 fully saturated rings. The molecule has 0 saturated heterocycles. The first-order chi connectivity index (χ1) is 13.6. The Hall–Kier alpha value is -1.87. The van der Waals surface area contributed by atoms with E-state index in [4.69, 9.17) is 0 Å². The van der Waals surface area contributed by atoms with Crippen LogP contribution in [0.4, 0.5) is 4.79 Å². The molecule has 2 unspecified atom stereocenters. The van der Waals surface area contributed by atoms with E-state index in [9.17, 15) is 9.59 Å². The molecule has 28 heavy (non-hydrogen) atoms. The zero-order valence-electron chi connectivity index (χ0n) is 15.9. The lowest BCUT2D eigenvalue weighted by Crippen LogP contribution is -2.48. The molecule has 7 nitrogen and oxygen atoms in total. The number of aromatic nitrogens is 3. The van der Waals surface area contributed by atoms with Gasteiger partial charge in [0.05, 0.1) is 10.6 Å². The van der Waals surface area contributed by atoms with Crippen LogP contribution in [0.3, 0.4) is 0 Å². The number of hydrogen-bond donors (Lipinski definition) is 2. The second kappa shape index (κ2) is 8.65. The van der Waals surface area contributed by atoms with Crippen LogP contribution in [0.15, 0.2) is 22.7 Å². The Labute approximate surface area is 172 Å². The Balaban J connectivity index is 1.32. The Morgan fingerprint density at radius 3 is 2.79 bits per heavy atom. The number of rotatable bonds is 6. The predicted octanol–water partition coefficient (Wildman–Crippen LogP) is 3.84. The van der Waals surface area contributed by atoms with E-state index >= 15 is 0 Å². The Morgan fingerprint density at radius 2 is 2.07 bits per heavy atom. The fourth-order valence-electron chi connectivity index (χ4n) is 3.64. The first-order valence-electron chi connectivity index (χ1n) is 9.83. The number of urea groups is 1. The summed E-state index contributed by atoms with van der Waals surface area (Å²) in [5.74, 6) is 1.15. The third-order valence-corrected chi connectivity index (χ3v) is 7.14. The highest BCUT2D eigenvalue weighted by Crippen LogP contribution is 2.41. The second-order valence-corrected chi connectivity index (χ2v) is 9.45. The van der Waals surface area contributed by atoms with Gasteiger partial charge in [-0.1, -0.05) is 37.6 Å². The van der Waals surface area contributed by atoms with Crippen LogP contribution in [0.2, 0.25) is 0 Å². The number of nitrogens with one attached hydrogen (secondary N) is 2. The van der Waals surface area contributed by atoms with Gasteiger partial charge < -0.3 is 5.32 Å². The largest absolute Gasteiger partial charge is 0.335 e. The standard InChI is InChI=1S/C19H25N5O2S2/c1-12-5-2-3-6-14(12)20-18(26)21-16(25)11-28-19-23-22-17(15-7-4-10-27-15)24(19)13-8-9-13/h4,7,10,12-14H,2-3,5-6,8-9,11H2,1H3,(H2,20,21,25,26). The van der Waals surface area contributed by atoms with Crippen LogP contribution >= 0.6 is 23.1 Å². The van der Waals surface area contributed by atoms with Gasteiger partial charge in [-0.05, 0) is 43.0 Å². The number of amides is 3. The van der Waals surface area contributed by atoms with Crippen molar-refractivity contribution in [2.45, 2.75) is 62.7 Å². The molecular weight excluding hydrogens is 394 g/mol. The van der Waals surface area contributed by atoms with E-state index in [0.29, 0.717) is 12.0 Å². The summed E-state index contributed by atoms with van der Waals surface area (Å²) in [7, 11) is 0. The van der Waals surface area contributed by atoms with E-state index < -0.39 is 6.03 Å². The van der Waals surface area contributed by atoms with Crippen molar-refractivity contribution in [3.05, 3.63) is 17.5 Å². The molecule has 2 aromatic rings. The third-order valence-electron chi connectivity index (χ3n) is 5.33. The maximum Gasteiger partial charge on any atom is 0.321 e. The van der Waals surface area contributed by atoms with Gasteiger partial charge in [0.1, 0.15) is 0 Å². The minimum atomic E-state index is -0.396. The number of carbonyl (C=O) groups is 2. The van der Waals surface area contributed by atoms with Gasteiger partial charge in [0.25, 0.3) is 0 Å². The molecule has 3 amide bonds. The highest BCUT2D eigenvalue weighted by Gasteiger charge is 2.31. The van der Waals surface area contributed by atoms with Gasteiger partial charge in [0, 0.05) is 12.1 Å². The highest BCUT2D eigenvalue weighted by atomic mass is 32.2. The molecule has 4 rings (SSSR count). The van der Waals surface area contributed by atoms with Gasteiger partial charge in [0.2, 0.25) is 5.91 Å². The molecule has 2 atom stereocenters. The number of thiophene rings is 1. The van der Waals surface area contributed by atoms with E-state index in [1.165, 1.54) is 18.2 Å². The molecule has 2 N–H and O–H groups in total. The van der Waals surface area contributed by atoms with Crippen molar-refractivity contribution in [2.24, 2.45) is 5.92 Å². The van der Waals surface area contributed by atoms with Crippen LogP contribution < -0.4 is 10.6 Å². The summed E-state index contributed by atoms with van der Waals surface area (Å²) in [5.41, 5.74) is 0. The summed E-state index contributed by atoms with van der Waals surface area (Å²) >= 11 is 2.97. The number of thioether (sulfide) groups is 1. The first kappa shape index (κ1) is 19.4. The molecular formula is C19H25N5O2S2. The molecule has 0 radical (unpaired) electrons. The van der Waals surface area contributed by atoms with Crippen molar-refractivity contribution in [1.29, 1.82) is 0 Å². The normalized spacial score (nSPS) is 22.0. The lowest BCUT2D eigenvalue weighted by molar-refractivity contribution is -0.117. The minimum absolute atomic E-state index is 0.142. The van der Waals surface area contributed by atoms with E-state index in [-0.39, 0.29) is 17.7 Å². The molecule has 0 aliphatic heterocycles. The first-order valence-corrected chi connectivity index (χ1v) is 11.7. The zero-order chi connectivity index (χ0) is 19.5. The molecule has 9 heteroatoms. The quantitative estimate of drug-likeness (QED) is 0.695. The average Bonchev–Trinajstić information content (AvgIpc) is 3.19. The van der Waals surface area contributed by atoms with Gasteiger partial charge in [-0.25, -0.2) is 4.79 Å². The maximum atomic E-state index is 12.2. The SMILES string of the molecule is CC1CCCCC1NC(=O)NC(=O)CSc1nnc(-c2cccs2)n1C1CC1. The van der Waals surface area contributed by atoms with E-state index in [0.717, 1.165) is 48.0 Å². The topological polar surface area (TPSA) is 88.9 Å². The summed E-state index contributed by atoms with van der Waals surface area (Å²) < 4.78 is 2.13. The fourth-order valence-corrected chi connectivity index (χ4v) is 5.15. The number of imide groups is 1. The van der Waals surface area contributed by atoms with Gasteiger partial charge in [-0.3, -0.25) is 14.7 Å². The Bertz CT molecular complexity index is 832. The van der Waals surface area contributed by atoms with Gasteiger partial charge >= 0.3 is 6.03 Å². The molecule has 0 bridgehead atoms. The molecule has 2 aliphatic carbocycles. The molecule has 2 saturated carbocycles. The lowest BCUT2D eigenvalue weighted by Gasteiger charge is -2.29. The van der Waals surface area contributed by atoms with Crippen molar-refractivity contribution in [1.82, 2.24) is 25.4 Å². The van der Waals surface area contributed by atoms with Crippen LogP contribution in [0.1, 0.15) is 51.5 Å². The van der Waals surface area contributed by atoms with Crippen molar-refractivity contribution in [2.75, 3.05) is 5.75 Å². The summed E-state index contributed by atoms with van der Waals surface area (Å²) in [5, 5.41) is 16.8. The van der Waals surface area contributed by atoms with E-state index in [1.54, 1.807) is 11.3 Å². The summed E-state index contributed by atoms with van der Waals surface area (Å²) in [4.78, 5) is 25.5. The van der Waals surface area contributed by atoms with Crippen LogP contribution in [-0.4, -0.2) is 38.5 Å². The van der Waals surface area contributed by atoms with Gasteiger partial charge in [0.15, 0.2) is 11.0 Å². The molecule has 2 heterocycles. The smallest absolute Gasteiger partial charge is 0.321 e. The van der Waals surface area contributed by atoms with Crippen LogP contribution in [0, 0.1) is 5.92 Å². The van der Waals surface area contributed by atoms with Gasteiger partial charge in [-0.2, -0.15) is 0 Å². The van der Waals surface area contributed by atoms with Crippen molar-refractivity contribution in [3.63, 3.8) is 0 Å². The molecule has 0 aromatic carbocycles. The highest BCUT2D eigenvalue weighted by molar-refractivity contribution is 7.99. The third kappa shape index (κ3) is 4.57. The van der Waals surface area contributed by atoms with Gasteiger partial charge in [-0.15, -0.1) is 21.5 Å². The van der Waals surface area contributed by atoms with Crippen molar-refractivity contribution in [3.8, 4) is 10.7 Å². The minimum Gasteiger partial charge on any atom is -0.335 e. The Kier molecular flexibility index (Phi) is 6.01. The summed E-state index contributed by atoms with van der Waals surface area (Å²) in [6.07, 6.45) is 6.66. The number of hydrogen-bond acceptors (Lipinski definition) is 6.